The summed E-state index contributed by atoms with van der Waals surface area (Å²) in [6.45, 7) is 0.0886. The molecule has 0 spiro atoms. The van der Waals surface area contributed by atoms with Crippen molar-refractivity contribution in [3.05, 3.63) is 29.6 Å². The molecule has 4 rings (SSSR count). The topological polar surface area (TPSA) is 192 Å². The van der Waals surface area contributed by atoms with E-state index >= 15 is 0 Å². The number of sulfonamides is 1. The maximum absolute atomic E-state index is 12.3. The van der Waals surface area contributed by atoms with Crippen LogP contribution >= 0.6 is 0 Å². The van der Waals surface area contributed by atoms with Crippen molar-refractivity contribution >= 4 is 29.1 Å². The van der Waals surface area contributed by atoms with Crippen molar-refractivity contribution < 1.29 is 55.8 Å². The molecule has 0 unspecified atom stereocenters. The van der Waals surface area contributed by atoms with E-state index in [9.17, 15) is 36.5 Å². The molecule has 34 heavy (non-hydrogen) atoms. The third-order valence-electron chi connectivity index (χ3n) is 4.66. The summed E-state index contributed by atoms with van der Waals surface area (Å²) in [5.74, 6) is -3.85. The van der Waals surface area contributed by atoms with Crippen LogP contribution < -0.4 is 9.39 Å². The van der Waals surface area contributed by atoms with E-state index < -0.39 is 41.4 Å². The molecule has 0 amide bonds. The maximum atomic E-state index is 12.3. The molecule has 0 saturated carbocycles. The number of H-pyrrole nitrogens is 1. The number of ether oxygens (including phenoxy) is 1. The molecule has 184 valence electrons. The van der Waals surface area contributed by atoms with Gasteiger partial charge in [-0.15, -0.1) is 0 Å². The van der Waals surface area contributed by atoms with Crippen LogP contribution in [0.5, 0.6) is 11.5 Å². The fourth-order valence-corrected chi connectivity index (χ4v) is 4.32. The molecule has 2 aromatic rings. The molecule has 0 aliphatic carbocycles. The van der Waals surface area contributed by atoms with Gasteiger partial charge in [0, 0.05) is 0 Å². The second-order valence-corrected chi connectivity index (χ2v) is 8.85. The van der Waals surface area contributed by atoms with Gasteiger partial charge in [0.25, 0.3) is 15.2 Å². The minimum atomic E-state index is -5.08. The fourth-order valence-electron chi connectivity index (χ4n) is 3.01. The lowest BCUT2D eigenvalue weighted by Crippen LogP contribution is -2.56. The summed E-state index contributed by atoms with van der Waals surface area (Å²) in [7, 11) is -4.85. The number of halogens is 3. The SMILES string of the molecule is O=C(O)C(F)(F)F.O=C(O)c1c(OC2CN(S(=O)(=O)c3ncn[nH]3)C2)ccc2c1OB(O)CC2. The number of rotatable bonds is 5. The Morgan fingerprint density at radius 3 is 2.44 bits per heavy atom. The molecule has 1 fully saturated rings. The first-order valence-electron chi connectivity index (χ1n) is 9.37. The van der Waals surface area contributed by atoms with E-state index in [1.807, 2.05) is 0 Å². The van der Waals surface area contributed by atoms with Crippen LogP contribution in [0.25, 0.3) is 0 Å². The number of aromatic nitrogens is 3. The highest BCUT2D eigenvalue weighted by atomic mass is 32.2. The summed E-state index contributed by atoms with van der Waals surface area (Å²) >= 11 is 0. The van der Waals surface area contributed by atoms with Crippen LogP contribution in [0, 0.1) is 0 Å². The Hall–Kier alpha value is -3.38. The highest BCUT2D eigenvalue weighted by molar-refractivity contribution is 7.89. The van der Waals surface area contributed by atoms with Gasteiger partial charge in [0.2, 0.25) is 0 Å². The Bertz CT molecular complexity index is 1170. The van der Waals surface area contributed by atoms with Crippen LogP contribution in [0.15, 0.2) is 23.6 Å². The first kappa shape index (κ1) is 25.3. The van der Waals surface area contributed by atoms with Crippen molar-refractivity contribution in [3.63, 3.8) is 0 Å². The minimum absolute atomic E-state index is 0.0443. The number of hydrogen-bond donors (Lipinski definition) is 4. The second-order valence-electron chi connectivity index (χ2n) is 7.00. The molecule has 1 saturated heterocycles. The van der Waals surface area contributed by atoms with E-state index in [0.717, 1.165) is 10.6 Å². The van der Waals surface area contributed by atoms with Gasteiger partial charge in [-0.3, -0.25) is 0 Å². The molecule has 13 nitrogen and oxygen atoms in total. The molecule has 3 heterocycles. The summed E-state index contributed by atoms with van der Waals surface area (Å²) in [5.41, 5.74) is 0.496. The number of aromatic amines is 1. The van der Waals surface area contributed by atoms with E-state index in [1.165, 1.54) is 6.07 Å². The molecule has 2 aliphatic rings. The number of aliphatic carboxylic acids is 1. The number of nitrogens with one attached hydrogen (secondary N) is 1. The van der Waals surface area contributed by atoms with E-state index in [-0.39, 0.29) is 35.3 Å². The molecule has 0 atom stereocenters. The van der Waals surface area contributed by atoms with Gasteiger partial charge in [0.15, 0.2) is 0 Å². The van der Waals surface area contributed by atoms with Crippen molar-refractivity contribution in [2.45, 2.75) is 30.2 Å². The van der Waals surface area contributed by atoms with Crippen LogP contribution in [-0.4, -0.2) is 87.6 Å². The van der Waals surface area contributed by atoms with Gasteiger partial charge < -0.3 is 24.6 Å². The zero-order valence-electron chi connectivity index (χ0n) is 16.9. The van der Waals surface area contributed by atoms with Gasteiger partial charge in [-0.25, -0.2) is 28.1 Å². The lowest BCUT2D eigenvalue weighted by atomic mass is 9.78. The number of aryl methyl sites for hydroxylation is 1. The molecule has 0 radical (unpaired) electrons. The first-order chi connectivity index (χ1) is 15.8. The van der Waals surface area contributed by atoms with Crippen LogP contribution in [0.2, 0.25) is 6.32 Å². The minimum Gasteiger partial charge on any atom is -0.535 e. The van der Waals surface area contributed by atoms with Crippen molar-refractivity contribution in [2.24, 2.45) is 0 Å². The molecule has 1 aromatic carbocycles. The maximum Gasteiger partial charge on any atom is 0.522 e. The van der Waals surface area contributed by atoms with E-state index in [0.29, 0.717) is 18.3 Å². The molecule has 4 N–H and O–H groups in total. The quantitative estimate of drug-likeness (QED) is 0.398. The number of carbonyl (C=O) groups is 2. The zero-order valence-corrected chi connectivity index (χ0v) is 17.7. The van der Waals surface area contributed by atoms with E-state index in [4.69, 9.17) is 19.3 Å². The van der Waals surface area contributed by atoms with Crippen molar-refractivity contribution in [1.29, 1.82) is 0 Å². The van der Waals surface area contributed by atoms with Gasteiger partial charge in [-0.1, -0.05) is 6.07 Å². The lowest BCUT2D eigenvalue weighted by molar-refractivity contribution is -0.192. The zero-order chi connectivity index (χ0) is 25.3. The van der Waals surface area contributed by atoms with Crippen LogP contribution in [0.4, 0.5) is 13.2 Å². The number of nitrogens with zero attached hydrogens (tertiary/aromatic N) is 3. The third-order valence-corrected chi connectivity index (χ3v) is 6.32. The number of fused-ring (bicyclic) bond motifs is 1. The number of alkyl halides is 3. The molecule has 0 bridgehead atoms. The predicted octanol–water partition coefficient (Wildman–Crippen LogP) is 0.00350. The number of benzene rings is 1. The van der Waals surface area contributed by atoms with Gasteiger partial charge in [-0.05, 0) is 24.4 Å². The fraction of sp³-hybridized carbons (Fsp3) is 0.375. The summed E-state index contributed by atoms with van der Waals surface area (Å²) in [4.78, 5) is 24.2. The van der Waals surface area contributed by atoms with E-state index in [2.05, 4.69) is 15.2 Å². The second kappa shape index (κ2) is 9.47. The molecule has 18 heteroatoms. The highest BCUT2D eigenvalue weighted by Gasteiger charge is 2.41. The lowest BCUT2D eigenvalue weighted by Gasteiger charge is -2.37. The molecular formula is C16H16BF3N4O9S. The highest BCUT2D eigenvalue weighted by Crippen LogP contribution is 2.37. The number of carboxylic acids is 2. The molecule has 1 aromatic heterocycles. The number of carboxylic acid groups (broad SMARTS) is 2. The average Bonchev–Trinajstić information content (AvgIpc) is 3.25. The normalized spacial score (nSPS) is 16.4. The Balaban J connectivity index is 0.000000406. The van der Waals surface area contributed by atoms with Gasteiger partial charge >= 0.3 is 25.2 Å². The van der Waals surface area contributed by atoms with Crippen LogP contribution in [0.1, 0.15) is 15.9 Å². The predicted molar refractivity (Wildman–Crippen MR) is 104 cm³/mol. The van der Waals surface area contributed by atoms with E-state index in [1.54, 1.807) is 6.07 Å². The standard InChI is InChI=1S/C14H15BN4O7S.C2HF3O2/c20-13(21)11-10(2-1-8-3-4-15(22)26-12(8)11)25-9-5-19(6-9)27(23,24)14-16-7-17-18-14;3-2(4,5)1(6)7/h1-2,7,9,22H,3-6H2,(H,20,21)(H,16,17,18);(H,6,7). The summed E-state index contributed by atoms with van der Waals surface area (Å²) in [5, 5.41) is 31.9. The summed E-state index contributed by atoms with van der Waals surface area (Å²) < 4.78 is 68.4. The van der Waals surface area contributed by atoms with Gasteiger partial charge in [-0.2, -0.15) is 22.6 Å². The summed E-state index contributed by atoms with van der Waals surface area (Å²) in [6, 6.07) is 3.21. The molecule has 2 aliphatic heterocycles. The third kappa shape index (κ3) is 5.40. The smallest absolute Gasteiger partial charge is 0.522 e. The Labute approximate surface area is 189 Å². The monoisotopic (exact) mass is 508 g/mol. The molecular weight excluding hydrogens is 492 g/mol. The largest absolute Gasteiger partial charge is 0.535 e. The summed E-state index contributed by atoms with van der Waals surface area (Å²) in [6.07, 6.45) is -3.64. The Morgan fingerprint density at radius 2 is 1.91 bits per heavy atom. The average molecular weight is 508 g/mol. The van der Waals surface area contributed by atoms with Gasteiger partial charge in [0.1, 0.15) is 29.5 Å². The van der Waals surface area contributed by atoms with Crippen LogP contribution in [-0.2, 0) is 21.2 Å². The Kier molecular flexibility index (Phi) is 7.03. The number of aromatic carboxylic acids is 1. The van der Waals surface area contributed by atoms with Crippen molar-refractivity contribution in [2.75, 3.05) is 13.1 Å². The van der Waals surface area contributed by atoms with Crippen LogP contribution in [0.3, 0.4) is 0 Å². The number of hydrogen-bond acceptors (Lipinski definition) is 9. The Morgan fingerprint density at radius 1 is 1.26 bits per heavy atom. The first-order valence-corrected chi connectivity index (χ1v) is 10.8. The van der Waals surface area contributed by atoms with Gasteiger partial charge in [0.05, 0.1) is 13.1 Å². The van der Waals surface area contributed by atoms with Crippen molar-refractivity contribution in [1.82, 2.24) is 19.5 Å². The van der Waals surface area contributed by atoms with Crippen molar-refractivity contribution in [3.8, 4) is 11.5 Å².